The summed E-state index contributed by atoms with van der Waals surface area (Å²) in [7, 11) is 0. The first kappa shape index (κ1) is 13.9. The zero-order valence-electron chi connectivity index (χ0n) is 9.93. The van der Waals surface area contributed by atoms with Crippen LogP contribution >= 0.6 is 0 Å². The predicted octanol–water partition coefficient (Wildman–Crippen LogP) is 1.79. The number of carbonyl (C=O) groups excluding carboxylic acids is 1. The Hall–Kier alpha value is -1.20. The van der Waals surface area contributed by atoms with Gasteiger partial charge >= 0.3 is 11.9 Å². The van der Waals surface area contributed by atoms with Crippen LogP contribution in [0.25, 0.3) is 0 Å². The summed E-state index contributed by atoms with van der Waals surface area (Å²) in [6.07, 6.45) is 0.0735. The maximum Gasteiger partial charge on any atom is 0.324 e. The summed E-state index contributed by atoms with van der Waals surface area (Å²) in [6, 6.07) is 0. The molecule has 1 amide bonds. The van der Waals surface area contributed by atoms with Crippen LogP contribution in [0, 0.1) is 5.92 Å². The van der Waals surface area contributed by atoms with Gasteiger partial charge in [0, 0.05) is 6.42 Å². The van der Waals surface area contributed by atoms with E-state index in [-0.39, 0.29) is 12.3 Å². The third-order valence-electron chi connectivity index (χ3n) is 2.72. The Morgan fingerprint density at radius 1 is 1.41 bits per heavy atom. The second-order valence-electron chi connectivity index (χ2n) is 5.11. The lowest BCUT2D eigenvalue weighted by molar-refractivity contribution is -0.149. The van der Waals surface area contributed by atoms with Crippen LogP contribution < -0.4 is 5.32 Å². The SMILES string of the molecule is CC(C)CC(F)(F)C(=O)NC1(CC(=O)O)CC1. The van der Waals surface area contributed by atoms with Crippen LogP contribution in [-0.4, -0.2) is 28.4 Å². The lowest BCUT2D eigenvalue weighted by Crippen LogP contribution is -2.47. The fraction of sp³-hybridized carbons (Fsp3) is 0.818. The number of rotatable bonds is 6. The molecule has 0 aliphatic heterocycles. The number of hydrogen-bond donors (Lipinski definition) is 2. The summed E-state index contributed by atoms with van der Waals surface area (Å²) < 4.78 is 26.8. The minimum Gasteiger partial charge on any atom is -0.481 e. The summed E-state index contributed by atoms with van der Waals surface area (Å²) in [4.78, 5) is 21.9. The first-order chi connectivity index (χ1) is 7.67. The van der Waals surface area contributed by atoms with Gasteiger partial charge < -0.3 is 10.4 Å². The van der Waals surface area contributed by atoms with E-state index >= 15 is 0 Å². The van der Waals surface area contributed by atoms with Crippen LogP contribution in [0.5, 0.6) is 0 Å². The lowest BCUT2D eigenvalue weighted by Gasteiger charge is -2.22. The van der Waals surface area contributed by atoms with Crippen molar-refractivity contribution in [1.29, 1.82) is 0 Å². The molecule has 0 aromatic heterocycles. The molecule has 0 unspecified atom stereocenters. The van der Waals surface area contributed by atoms with Gasteiger partial charge in [-0.25, -0.2) is 0 Å². The third-order valence-corrected chi connectivity index (χ3v) is 2.72. The smallest absolute Gasteiger partial charge is 0.324 e. The molecule has 98 valence electrons. The molecule has 2 N–H and O–H groups in total. The van der Waals surface area contributed by atoms with Gasteiger partial charge in [0.05, 0.1) is 12.0 Å². The Balaban J connectivity index is 2.57. The zero-order chi connectivity index (χ0) is 13.3. The highest BCUT2D eigenvalue weighted by molar-refractivity contribution is 5.85. The highest BCUT2D eigenvalue weighted by atomic mass is 19.3. The average molecular weight is 249 g/mol. The second kappa shape index (κ2) is 4.58. The molecule has 4 nitrogen and oxygen atoms in total. The molecule has 17 heavy (non-hydrogen) atoms. The fourth-order valence-electron chi connectivity index (χ4n) is 1.72. The highest BCUT2D eigenvalue weighted by Gasteiger charge is 2.50. The van der Waals surface area contributed by atoms with Gasteiger partial charge in [-0.1, -0.05) is 13.8 Å². The molecule has 1 rings (SSSR count). The number of amides is 1. The molecule has 0 spiro atoms. The Bertz CT molecular complexity index is 325. The predicted molar refractivity (Wildman–Crippen MR) is 56.8 cm³/mol. The highest BCUT2D eigenvalue weighted by Crippen LogP contribution is 2.39. The van der Waals surface area contributed by atoms with Crippen LogP contribution in [-0.2, 0) is 9.59 Å². The number of carbonyl (C=O) groups is 2. The molecule has 0 aromatic rings. The quantitative estimate of drug-likeness (QED) is 0.754. The summed E-state index contributed by atoms with van der Waals surface area (Å²) in [5, 5.41) is 10.8. The average Bonchev–Trinajstić information content (AvgIpc) is 2.80. The zero-order valence-corrected chi connectivity index (χ0v) is 9.93. The van der Waals surface area contributed by atoms with Crippen molar-refractivity contribution in [2.24, 2.45) is 5.92 Å². The van der Waals surface area contributed by atoms with Gasteiger partial charge in [-0.3, -0.25) is 9.59 Å². The van der Waals surface area contributed by atoms with Crippen LogP contribution in [0.15, 0.2) is 0 Å². The van der Waals surface area contributed by atoms with Crippen LogP contribution in [0.4, 0.5) is 8.78 Å². The van der Waals surface area contributed by atoms with Crippen molar-refractivity contribution >= 4 is 11.9 Å². The minimum atomic E-state index is -3.43. The van der Waals surface area contributed by atoms with E-state index in [2.05, 4.69) is 5.32 Å². The molecule has 6 heteroatoms. The maximum absolute atomic E-state index is 13.4. The molecule has 1 fully saturated rings. The van der Waals surface area contributed by atoms with Gasteiger partial charge in [0.1, 0.15) is 0 Å². The van der Waals surface area contributed by atoms with Gasteiger partial charge in [-0.15, -0.1) is 0 Å². The largest absolute Gasteiger partial charge is 0.481 e. The van der Waals surface area contributed by atoms with Crippen molar-refractivity contribution in [3.8, 4) is 0 Å². The number of halogens is 2. The van der Waals surface area contributed by atoms with Crippen molar-refractivity contribution < 1.29 is 23.5 Å². The summed E-state index contributed by atoms with van der Waals surface area (Å²) in [5.74, 6) is -6.17. The number of nitrogens with one attached hydrogen (secondary N) is 1. The Morgan fingerprint density at radius 3 is 2.29 bits per heavy atom. The van der Waals surface area contributed by atoms with Crippen molar-refractivity contribution in [2.45, 2.75) is 51.0 Å². The number of carboxylic acid groups (broad SMARTS) is 1. The maximum atomic E-state index is 13.4. The van der Waals surface area contributed by atoms with Gasteiger partial charge in [-0.05, 0) is 18.8 Å². The summed E-state index contributed by atoms with van der Waals surface area (Å²) in [6.45, 7) is 3.21. The first-order valence-corrected chi connectivity index (χ1v) is 5.59. The van der Waals surface area contributed by atoms with Crippen LogP contribution in [0.2, 0.25) is 0 Å². The molecule has 0 saturated heterocycles. The summed E-state index contributed by atoms with van der Waals surface area (Å²) >= 11 is 0. The first-order valence-electron chi connectivity index (χ1n) is 5.59. The molecule has 1 aliphatic carbocycles. The van der Waals surface area contributed by atoms with E-state index in [1.165, 1.54) is 0 Å². The molecule has 0 aromatic carbocycles. The van der Waals surface area contributed by atoms with Crippen molar-refractivity contribution in [1.82, 2.24) is 5.32 Å². The molecular formula is C11H17F2NO3. The molecule has 0 heterocycles. The topological polar surface area (TPSA) is 66.4 Å². The Kier molecular flexibility index (Phi) is 3.74. The Labute approximate surface area is 98.4 Å². The van der Waals surface area contributed by atoms with E-state index in [1.54, 1.807) is 13.8 Å². The van der Waals surface area contributed by atoms with Gasteiger partial charge in [0.2, 0.25) is 0 Å². The van der Waals surface area contributed by atoms with Gasteiger partial charge in [-0.2, -0.15) is 8.78 Å². The molecule has 0 atom stereocenters. The monoisotopic (exact) mass is 249 g/mol. The van der Waals surface area contributed by atoms with Crippen molar-refractivity contribution in [2.75, 3.05) is 0 Å². The normalized spacial score (nSPS) is 17.9. The van der Waals surface area contributed by atoms with Crippen molar-refractivity contribution in [3.63, 3.8) is 0 Å². The summed E-state index contributed by atoms with van der Waals surface area (Å²) in [5.41, 5.74) is -0.941. The standard InChI is InChI=1S/C11H17F2NO3/c1-7(2)5-11(12,13)9(17)14-10(3-4-10)6-8(15)16/h7H,3-6H2,1-2H3,(H,14,17)(H,15,16). The molecule has 1 aliphatic rings. The number of aliphatic carboxylic acids is 1. The molecule has 0 radical (unpaired) electrons. The van der Waals surface area contributed by atoms with E-state index in [9.17, 15) is 18.4 Å². The van der Waals surface area contributed by atoms with E-state index in [1.807, 2.05) is 0 Å². The minimum absolute atomic E-state index is 0.295. The number of carboxylic acids is 1. The lowest BCUT2D eigenvalue weighted by atomic mass is 10.0. The third kappa shape index (κ3) is 3.94. The van der Waals surface area contributed by atoms with Crippen LogP contribution in [0.1, 0.15) is 39.5 Å². The van der Waals surface area contributed by atoms with Gasteiger partial charge in [0.25, 0.3) is 5.91 Å². The van der Waals surface area contributed by atoms with Crippen molar-refractivity contribution in [3.05, 3.63) is 0 Å². The van der Waals surface area contributed by atoms with E-state index in [0.29, 0.717) is 12.8 Å². The fourth-order valence-corrected chi connectivity index (χ4v) is 1.72. The molecule has 1 saturated carbocycles. The number of alkyl halides is 2. The number of hydrogen-bond acceptors (Lipinski definition) is 2. The second-order valence-corrected chi connectivity index (χ2v) is 5.11. The Morgan fingerprint density at radius 2 is 1.94 bits per heavy atom. The van der Waals surface area contributed by atoms with Gasteiger partial charge in [0.15, 0.2) is 0 Å². The van der Waals surface area contributed by atoms with Crippen LogP contribution in [0.3, 0.4) is 0 Å². The molecular weight excluding hydrogens is 232 g/mol. The van der Waals surface area contributed by atoms with E-state index in [0.717, 1.165) is 0 Å². The van der Waals surface area contributed by atoms with E-state index in [4.69, 9.17) is 5.11 Å². The molecule has 0 bridgehead atoms. The van der Waals surface area contributed by atoms with E-state index < -0.39 is 29.8 Å².